The number of aliphatic hydroxyl groups excluding tert-OH is 1. The fraction of sp³-hybridized carbons (Fsp3) is 0.227. The molecule has 0 radical (unpaired) electrons. The summed E-state index contributed by atoms with van der Waals surface area (Å²) in [4.78, 5) is 41.2. The Morgan fingerprint density at radius 2 is 1.78 bits per heavy atom. The van der Waals surface area contributed by atoms with E-state index in [1.165, 1.54) is 0 Å². The molecule has 2 aromatic carbocycles. The zero-order valence-corrected chi connectivity index (χ0v) is 18.4. The van der Waals surface area contributed by atoms with Crippen molar-refractivity contribution in [1.82, 2.24) is 9.13 Å². The Morgan fingerprint density at radius 3 is 2.47 bits per heavy atom. The molecular weight excluding hydrogens is 436 g/mol. The number of hydrogen-bond acceptors (Lipinski definition) is 6. The smallest absolute Gasteiger partial charge is 0.342 e. The zero-order valence-electron chi connectivity index (χ0n) is 17.6. The van der Waals surface area contributed by atoms with E-state index in [9.17, 15) is 24.6 Å². The highest BCUT2D eigenvalue weighted by atomic mass is 35.5. The molecule has 166 valence electrons. The molecular formula is C22H21ClN4O5. The lowest BCUT2D eigenvalue weighted by Gasteiger charge is -2.21. The van der Waals surface area contributed by atoms with Crippen LogP contribution in [0.2, 0.25) is 5.02 Å². The highest BCUT2D eigenvalue weighted by molar-refractivity contribution is 6.31. The van der Waals surface area contributed by atoms with Gasteiger partial charge in [-0.2, -0.15) is 0 Å². The third-order valence-corrected chi connectivity index (χ3v) is 6.21. The van der Waals surface area contributed by atoms with Crippen molar-refractivity contribution in [2.75, 3.05) is 23.9 Å². The quantitative estimate of drug-likeness (QED) is 0.617. The number of fused-ring (bicyclic) bond motifs is 1. The molecule has 4 rings (SSSR count). The lowest BCUT2D eigenvalue weighted by molar-refractivity contribution is 0.0693. The van der Waals surface area contributed by atoms with Gasteiger partial charge in [0, 0.05) is 25.3 Å². The number of aliphatic hydroxyl groups is 1. The molecule has 1 atom stereocenters. The average Bonchev–Trinajstić information content (AvgIpc) is 2.97. The molecule has 1 unspecified atom stereocenters. The first-order valence-electron chi connectivity index (χ1n) is 9.73. The summed E-state index contributed by atoms with van der Waals surface area (Å²) in [5.41, 5.74) is 0.980. The van der Waals surface area contributed by atoms with Crippen LogP contribution in [-0.4, -0.2) is 45.8 Å². The van der Waals surface area contributed by atoms with Gasteiger partial charge in [-0.25, -0.2) is 9.59 Å². The number of hydrogen-bond donors (Lipinski definition) is 2. The zero-order chi connectivity index (χ0) is 23.3. The maximum Gasteiger partial charge on any atom is 0.342 e. The normalized spacial score (nSPS) is 15.2. The maximum atomic E-state index is 13.3. The first-order chi connectivity index (χ1) is 15.1. The molecule has 3 aromatic rings. The van der Waals surface area contributed by atoms with E-state index < -0.39 is 29.1 Å². The lowest BCUT2D eigenvalue weighted by atomic mass is 10.1. The summed E-state index contributed by atoms with van der Waals surface area (Å²) >= 11 is 6.17. The Hall–Kier alpha value is -3.56. The predicted octanol–water partition coefficient (Wildman–Crippen LogP) is 1.87. The SMILES string of the molecule is Cc1c(Cl)cccc1Cn1c(=O)c(C(=O)O)cn(-c2ccc3c(c2)N(C)C(O)N3C)c1=O. The molecule has 1 aromatic heterocycles. The predicted molar refractivity (Wildman–Crippen MR) is 121 cm³/mol. The van der Waals surface area contributed by atoms with Crippen molar-refractivity contribution in [2.45, 2.75) is 19.8 Å². The number of benzene rings is 2. The number of rotatable bonds is 4. The number of anilines is 2. The second-order valence-corrected chi connectivity index (χ2v) is 8.06. The summed E-state index contributed by atoms with van der Waals surface area (Å²) in [6, 6.07) is 10.1. The Balaban J connectivity index is 1.92. The molecule has 0 aliphatic carbocycles. The fourth-order valence-electron chi connectivity index (χ4n) is 3.82. The summed E-state index contributed by atoms with van der Waals surface area (Å²) in [5.74, 6) is -1.44. The van der Waals surface area contributed by atoms with Gasteiger partial charge in [0.2, 0.25) is 6.35 Å². The third kappa shape index (κ3) is 3.35. The summed E-state index contributed by atoms with van der Waals surface area (Å²) in [6.45, 7) is 1.64. The maximum absolute atomic E-state index is 13.3. The summed E-state index contributed by atoms with van der Waals surface area (Å²) < 4.78 is 2.02. The highest BCUT2D eigenvalue weighted by Crippen LogP contribution is 2.37. The topological polar surface area (TPSA) is 108 Å². The van der Waals surface area contributed by atoms with Crippen LogP contribution in [-0.2, 0) is 6.54 Å². The molecule has 9 nitrogen and oxygen atoms in total. The van der Waals surface area contributed by atoms with Crippen LogP contribution in [0, 0.1) is 6.92 Å². The fourth-order valence-corrected chi connectivity index (χ4v) is 4.01. The summed E-state index contributed by atoms with van der Waals surface area (Å²) in [5, 5.41) is 20.3. The molecule has 0 saturated heterocycles. The van der Waals surface area contributed by atoms with Crippen molar-refractivity contribution in [3.8, 4) is 5.69 Å². The Labute approximate surface area is 187 Å². The number of carbonyl (C=O) groups is 1. The van der Waals surface area contributed by atoms with Crippen LogP contribution in [0.1, 0.15) is 21.5 Å². The van der Waals surface area contributed by atoms with Crippen LogP contribution < -0.4 is 21.0 Å². The molecule has 0 saturated carbocycles. The van der Waals surface area contributed by atoms with Gasteiger partial charge >= 0.3 is 11.7 Å². The van der Waals surface area contributed by atoms with Gasteiger partial charge in [0.1, 0.15) is 5.56 Å². The largest absolute Gasteiger partial charge is 0.477 e. The van der Waals surface area contributed by atoms with E-state index in [1.807, 2.05) is 0 Å². The van der Waals surface area contributed by atoms with E-state index in [1.54, 1.807) is 67.2 Å². The Bertz CT molecular complexity index is 1360. The van der Waals surface area contributed by atoms with Gasteiger partial charge in [-0.15, -0.1) is 0 Å². The minimum Gasteiger partial charge on any atom is -0.477 e. The van der Waals surface area contributed by atoms with Gasteiger partial charge in [-0.05, 0) is 42.3 Å². The molecule has 32 heavy (non-hydrogen) atoms. The van der Waals surface area contributed by atoms with Gasteiger partial charge in [-0.1, -0.05) is 23.7 Å². The van der Waals surface area contributed by atoms with Crippen LogP contribution in [0.3, 0.4) is 0 Å². The number of carboxylic acids is 1. The monoisotopic (exact) mass is 456 g/mol. The van der Waals surface area contributed by atoms with E-state index >= 15 is 0 Å². The summed E-state index contributed by atoms with van der Waals surface area (Å²) in [7, 11) is 3.43. The first kappa shape index (κ1) is 21.7. The van der Waals surface area contributed by atoms with Crippen molar-refractivity contribution in [3.63, 3.8) is 0 Å². The van der Waals surface area contributed by atoms with Crippen LogP contribution in [0.25, 0.3) is 5.69 Å². The molecule has 0 spiro atoms. The minimum absolute atomic E-state index is 0.128. The van der Waals surface area contributed by atoms with E-state index in [-0.39, 0.29) is 6.54 Å². The van der Waals surface area contributed by atoms with Crippen LogP contribution in [0.5, 0.6) is 0 Å². The van der Waals surface area contributed by atoms with Crippen LogP contribution in [0.4, 0.5) is 11.4 Å². The number of nitrogens with zero attached hydrogens (tertiary/aromatic N) is 4. The molecule has 0 amide bonds. The van der Waals surface area contributed by atoms with Gasteiger partial charge < -0.3 is 20.0 Å². The van der Waals surface area contributed by atoms with Crippen LogP contribution in [0.15, 0.2) is 52.2 Å². The second-order valence-electron chi connectivity index (χ2n) is 7.66. The molecule has 0 bridgehead atoms. The van der Waals surface area contributed by atoms with E-state index in [2.05, 4.69) is 0 Å². The minimum atomic E-state index is -1.44. The third-order valence-electron chi connectivity index (χ3n) is 5.80. The first-order valence-corrected chi connectivity index (χ1v) is 10.1. The van der Waals surface area contributed by atoms with E-state index in [4.69, 9.17) is 11.6 Å². The second kappa shape index (κ2) is 7.85. The van der Waals surface area contributed by atoms with Crippen molar-refractivity contribution in [2.24, 2.45) is 0 Å². The number of aromatic nitrogens is 2. The van der Waals surface area contributed by atoms with Crippen molar-refractivity contribution in [1.29, 1.82) is 0 Å². The van der Waals surface area contributed by atoms with Gasteiger partial charge in [0.15, 0.2) is 0 Å². The molecule has 2 N–H and O–H groups in total. The molecule has 0 fully saturated rings. The van der Waals surface area contributed by atoms with E-state index in [0.29, 0.717) is 27.5 Å². The number of aromatic carboxylic acids is 1. The van der Waals surface area contributed by atoms with Gasteiger partial charge in [0.25, 0.3) is 5.56 Å². The number of carboxylic acid groups (broad SMARTS) is 1. The average molecular weight is 457 g/mol. The lowest BCUT2D eigenvalue weighted by Crippen LogP contribution is -2.42. The molecule has 1 aliphatic rings. The summed E-state index contributed by atoms with van der Waals surface area (Å²) in [6.07, 6.45) is 0.164. The van der Waals surface area contributed by atoms with Crippen molar-refractivity contribution >= 4 is 28.9 Å². The molecule has 1 aliphatic heterocycles. The van der Waals surface area contributed by atoms with E-state index in [0.717, 1.165) is 21.0 Å². The van der Waals surface area contributed by atoms with Gasteiger partial charge in [-0.3, -0.25) is 13.9 Å². The highest BCUT2D eigenvalue weighted by Gasteiger charge is 2.30. The van der Waals surface area contributed by atoms with Crippen molar-refractivity contribution < 1.29 is 15.0 Å². The van der Waals surface area contributed by atoms with Crippen molar-refractivity contribution in [3.05, 3.63) is 85.1 Å². The van der Waals surface area contributed by atoms with Gasteiger partial charge in [0.05, 0.1) is 23.6 Å². The Morgan fingerprint density at radius 1 is 1.09 bits per heavy atom. The van der Waals surface area contributed by atoms with Crippen LogP contribution >= 0.6 is 11.6 Å². The Kier molecular flexibility index (Phi) is 5.31. The molecule has 10 heteroatoms. The standard InChI is InChI=1S/C22H21ClN4O5/c1-12-13(5-4-6-16(12)23)10-27-19(28)15(20(29)30)11-26(22(27)32)14-7-8-17-18(9-14)25(3)21(31)24(17)2/h4-9,11,21,31H,10H2,1-3H3,(H,29,30). The molecule has 2 heterocycles. The number of halogens is 1.